The topological polar surface area (TPSA) is 116 Å². The van der Waals surface area contributed by atoms with Gasteiger partial charge in [0.15, 0.2) is 0 Å². The average Bonchev–Trinajstić information content (AvgIpc) is 3.11. The highest BCUT2D eigenvalue weighted by Crippen LogP contribution is 2.33. The molecule has 9 nitrogen and oxygen atoms in total. The van der Waals surface area contributed by atoms with Crippen LogP contribution in [0.5, 0.6) is 0 Å². The van der Waals surface area contributed by atoms with Crippen LogP contribution >= 0.6 is 11.3 Å². The third kappa shape index (κ3) is 4.41. The average molecular weight is 366 g/mol. The molecule has 2 aromatic rings. The highest BCUT2D eigenvalue weighted by atomic mass is 32.1. The van der Waals surface area contributed by atoms with Crippen LogP contribution in [0.25, 0.3) is 0 Å². The van der Waals surface area contributed by atoms with Gasteiger partial charge >= 0.3 is 11.8 Å². The maximum atomic E-state index is 12.1. The summed E-state index contributed by atoms with van der Waals surface area (Å²) < 4.78 is 6.37. The Morgan fingerprint density at radius 1 is 1.44 bits per heavy atom. The first-order valence-corrected chi connectivity index (χ1v) is 8.40. The van der Waals surface area contributed by atoms with E-state index in [1.807, 2.05) is 6.92 Å². The minimum Gasteiger partial charge on any atom is -0.462 e. The fourth-order valence-corrected chi connectivity index (χ4v) is 3.21. The Labute approximate surface area is 147 Å². The lowest BCUT2D eigenvalue weighted by Crippen LogP contribution is -2.16. The molecule has 10 heteroatoms. The number of ether oxygens (including phenoxy) is 1. The van der Waals surface area contributed by atoms with Gasteiger partial charge in [-0.25, -0.2) is 4.79 Å². The summed E-state index contributed by atoms with van der Waals surface area (Å²) in [6, 6.07) is 1.27. The van der Waals surface area contributed by atoms with Gasteiger partial charge in [-0.05, 0) is 31.3 Å². The molecule has 0 radical (unpaired) electrons. The number of hydrogen-bond acceptors (Lipinski definition) is 7. The second-order valence-corrected chi connectivity index (χ2v) is 6.42. The summed E-state index contributed by atoms with van der Waals surface area (Å²) in [7, 11) is 0. The summed E-state index contributed by atoms with van der Waals surface area (Å²) in [6.07, 6.45) is 1.51. The van der Waals surface area contributed by atoms with E-state index in [-0.39, 0.29) is 31.3 Å². The Kier molecular flexibility index (Phi) is 5.86. The molecule has 0 saturated heterocycles. The van der Waals surface area contributed by atoms with Crippen molar-refractivity contribution in [2.75, 3.05) is 11.9 Å². The Morgan fingerprint density at radius 2 is 2.16 bits per heavy atom. The number of aromatic nitrogens is 2. The molecule has 0 fully saturated rings. The van der Waals surface area contributed by atoms with E-state index in [2.05, 4.69) is 10.4 Å². The molecule has 0 aliphatic heterocycles. The van der Waals surface area contributed by atoms with E-state index < -0.39 is 10.9 Å². The predicted octanol–water partition coefficient (Wildman–Crippen LogP) is 2.68. The smallest absolute Gasteiger partial charge is 0.389 e. The Balaban J connectivity index is 2.03. The zero-order chi connectivity index (χ0) is 18.6. The van der Waals surface area contributed by atoms with Crippen LogP contribution < -0.4 is 5.32 Å². The first kappa shape index (κ1) is 18.6. The highest BCUT2D eigenvalue weighted by Gasteiger charge is 2.22. The molecule has 0 atom stereocenters. The lowest BCUT2D eigenvalue weighted by molar-refractivity contribution is -0.389. The number of rotatable bonds is 7. The van der Waals surface area contributed by atoms with Crippen molar-refractivity contribution in [1.29, 1.82) is 0 Å². The number of nitro groups is 1. The van der Waals surface area contributed by atoms with Crippen molar-refractivity contribution in [1.82, 2.24) is 9.78 Å². The van der Waals surface area contributed by atoms with Crippen LogP contribution in [0.2, 0.25) is 0 Å². The number of hydrogen-bond donors (Lipinski definition) is 1. The number of nitrogens with one attached hydrogen (secondary N) is 1. The van der Waals surface area contributed by atoms with Gasteiger partial charge in [0.1, 0.15) is 5.00 Å². The van der Waals surface area contributed by atoms with Gasteiger partial charge in [0.25, 0.3) is 0 Å². The standard InChI is InChI=1S/C15H18N4O5S/c1-4-24-15(21)13-9(2)10(3)25-14(13)16-12(20)6-8-18-7-5-11(17-18)19(22)23/h5,7H,4,6,8H2,1-3H3,(H,16,20). The fraction of sp³-hybridized carbons (Fsp3) is 0.400. The van der Waals surface area contributed by atoms with E-state index in [1.165, 1.54) is 28.3 Å². The summed E-state index contributed by atoms with van der Waals surface area (Å²) in [5, 5.41) is 17.5. The predicted molar refractivity (Wildman–Crippen MR) is 91.9 cm³/mol. The molecule has 0 aromatic carbocycles. The van der Waals surface area contributed by atoms with Gasteiger partial charge in [-0.15, -0.1) is 11.3 Å². The molecule has 0 unspecified atom stereocenters. The van der Waals surface area contributed by atoms with Crippen LogP contribution in [0.15, 0.2) is 12.3 Å². The number of nitrogens with zero attached hydrogens (tertiary/aromatic N) is 3. The zero-order valence-electron chi connectivity index (χ0n) is 14.1. The van der Waals surface area contributed by atoms with E-state index in [9.17, 15) is 19.7 Å². The summed E-state index contributed by atoms with van der Waals surface area (Å²) in [5.41, 5.74) is 1.15. The second kappa shape index (κ2) is 7.88. The van der Waals surface area contributed by atoms with Crippen LogP contribution in [0.4, 0.5) is 10.8 Å². The largest absolute Gasteiger partial charge is 0.462 e. The van der Waals surface area contributed by atoms with Crippen molar-refractivity contribution in [3.8, 4) is 0 Å². The molecule has 25 heavy (non-hydrogen) atoms. The number of carbonyl (C=O) groups excluding carboxylic acids is 2. The third-order valence-electron chi connectivity index (χ3n) is 3.50. The molecule has 2 rings (SSSR count). The SMILES string of the molecule is CCOC(=O)c1c(NC(=O)CCn2ccc([N+](=O)[O-])n2)sc(C)c1C. The van der Waals surface area contributed by atoms with E-state index in [1.54, 1.807) is 13.8 Å². The third-order valence-corrected chi connectivity index (χ3v) is 4.62. The number of carbonyl (C=O) groups is 2. The number of aryl methyl sites for hydroxylation is 2. The lowest BCUT2D eigenvalue weighted by Gasteiger charge is -2.06. The molecule has 2 heterocycles. The quantitative estimate of drug-likeness (QED) is 0.457. The summed E-state index contributed by atoms with van der Waals surface area (Å²) in [5.74, 6) is -1.05. The summed E-state index contributed by atoms with van der Waals surface area (Å²) in [4.78, 5) is 35.1. The minimum atomic E-state index is -0.598. The minimum absolute atomic E-state index is 0.0666. The van der Waals surface area contributed by atoms with Crippen molar-refractivity contribution in [3.63, 3.8) is 0 Å². The highest BCUT2D eigenvalue weighted by molar-refractivity contribution is 7.16. The van der Waals surface area contributed by atoms with Crippen molar-refractivity contribution >= 4 is 34.0 Å². The van der Waals surface area contributed by atoms with Gasteiger partial charge in [0, 0.05) is 11.3 Å². The van der Waals surface area contributed by atoms with Crippen LogP contribution in [0, 0.1) is 24.0 Å². The summed E-state index contributed by atoms with van der Waals surface area (Å²) >= 11 is 1.31. The van der Waals surface area contributed by atoms with Gasteiger partial charge in [0.2, 0.25) is 5.91 Å². The molecular formula is C15H18N4O5S. The van der Waals surface area contributed by atoms with Gasteiger partial charge < -0.3 is 20.2 Å². The molecule has 0 saturated carbocycles. The van der Waals surface area contributed by atoms with Crippen molar-refractivity contribution in [2.24, 2.45) is 0 Å². The molecule has 0 spiro atoms. The second-order valence-electron chi connectivity index (χ2n) is 5.20. The van der Waals surface area contributed by atoms with E-state index in [0.29, 0.717) is 10.6 Å². The van der Waals surface area contributed by atoms with Gasteiger partial charge in [-0.2, -0.15) is 4.68 Å². The van der Waals surface area contributed by atoms with Crippen LogP contribution in [-0.4, -0.2) is 33.2 Å². The van der Waals surface area contributed by atoms with E-state index in [0.717, 1.165) is 10.4 Å². The monoisotopic (exact) mass is 366 g/mol. The normalized spacial score (nSPS) is 10.5. The summed E-state index contributed by atoms with van der Waals surface area (Å²) in [6.45, 7) is 5.82. The number of amides is 1. The molecule has 1 N–H and O–H groups in total. The zero-order valence-corrected chi connectivity index (χ0v) is 14.9. The van der Waals surface area contributed by atoms with E-state index in [4.69, 9.17) is 4.74 Å². The Bertz CT molecular complexity index is 811. The molecule has 0 bridgehead atoms. The maximum Gasteiger partial charge on any atom is 0.389 e. The molecule has 0 aliphatic rings. The lowest BCUT2D eigenvalue weighted by atomic mass is 10.1. The van der Waals surface area contributed by atoms with Crippen molar-refractivity contribution < 1.29 is 19.2 Å². The number of anilines is 1. The fourth-order valence-electron chi connectivity index (χ4n) is 2.14. The van der Waals surface area contributed by atoms with Crippen LogP contribution in [0.1, 0.15) is 34.1 Å². The number of esters is 1. The van der Waals surface area contributed by atoms with Gasteiger partial charge in [0.05, 0.1) is 36.1 Å². The first-order chi connectivity index (χ1) is 11.8. The molecular weight excluding hydrogens is 348 g/mol. The van der Waals surface area contributed by atoms with E-state index >= 15 is 0 Å². The molecule has 134 valence electrons. The van der Waals surface area contributed by atoms with Crippen LogP contribution in [-0.2, 0) is 16.1 Å². The first-order valence-electron chi connectivity index (χ1n) is 7.58. The Hall–Kier alpha value is -2.75. The van der Waals surface area contributed by atoms with Crippen LogP contribution in [0.3, 0.4) is 0 Å². The molecule has 0 aliphatic carbocycles. The van der Waals surface area contributed by atoms with Gasteiger partial charge in [-0.3, -0.25) is 4.79 Å². The maximum absolute atomic E-state index is 12.1. The number of thiophene rings is 1. The molecule has 2 aromatic heterocycles. The van der Waals surface area contributed by atoms with Gasteiger partial charge in [-0.1, -0.05) is 0 Å². The van der Waals surface area contributed by atoms with Crippen molar-refractivity contribution in [2.45, 2.75) is 33.7 Å². The van der Waals surface area contributed by atoms with Crippen molar-refractivity contribution in [3.05, 3.63) is 38.4 Å². The molecule has 1 amide bonds. The Morgan fingerprint density at radius 3 is 2.76 bits per heavy atom.